The number of nitrogens with zero attached hydrogens (tertiary/aromatic N) is 3. The minimum atomic E-state index is -0.159. The third-order valence-electron chi connectivity index (χ3n) is 3.64. The van der Waals surface area contributed by atoms with E-state index in [1.165, 1.54) is 6.07 Å². The third-order valence-corrected chi connectivity index (χ3v) is 4.05. The summed E-state index contributed by atoms with van der Waals surface area (Å²) in [5, 5.41) is 0. The van der Waals surface area contributed by atoms with Crippen LogP contribution in [0, 0.1) is 11.7 Å². The van der Waals surface area contributed by atoms with Crippen LogP contribution < -0.4 is 4.90 Å². The summed E-state index contributed by atoms with van der Waals surface area (Å²) < 4.78 is 14.9. The molecule has 1 fully saturated rings. The summed E-state index contributed by atoms with van der Waals surface area (Å²) in [7, 11) is 0. The van der Waals surface area contributed by atoms with Gasteiger partial charge in [-0.25, -0.2) is 14.4 Å². The van der Waals surface area contributed by atoms with Crippen LogP contribution in [0.2, 0.25) is 0 Å². The van der Waals surface area contributed by atoms with Gasteiger partial charge in [0.25, 0.3) is 0 Å². The smallest absolute Gasteiger partial charge is 0.225 e. The highest BCUT2D eigenvalue weighted by Crippen LogP contribution is 2.38. The molecule has 0 radical (unpaired) electrons. The molecule has 2 aromatic rings. The fraction of sp³-hybridized carbons (Fsp3) is 0.333. The maximum atomic E-state index is 14.0. The van der Waals surface area contributed by atoms with Crippen LogP contribution in [0.25, 0.3) is 0 Å². The Balaban J connectivity index is 1.97. The average Bonchev–Trinajstić information content (AvgIpc) is 2.82. The molecule has 1 aliphatic rings. The van der Waals surface area contributed by atoms with E-state index < -0.39 is 0 Å². The molecule has 20 heavy (non-hydrogen) atoms. The van der Waals surface area contributed by atoms with Crippen molar-refractivity contribution in [2.75, 3.05) is 11.4 Å². The number of anilines is 1. The van der Waals surface area contributed by atoms with Crippen LogP contribution in [-0.2, 0) is 0 Å². The van der Waals surface area contributed by atoms with E-state index >= 15 is 0 Å². The summed E-state index contributed by atoms with van der Waals surface area (Å²) in [6, 6.07) is 6.97. The van der Waals surface area contributed by atoms with E-state index in [1.54, 1.807) is 18.5 Å². The number of benzene rings is 1. The summed E-state index contributed by atoms with van der Waals surface area (Å²) >= 11 is 3.33. The Hall–Kier alpha value is -1.49. The zero-order valence-corrected chi connectivity index (χ0v) is 12.7. The zero-order valence-electron chi connectivity index (χ0n) is 11.1. The van der Waals surface area contributed by atoms with Crippen LogP contribution in [0.4, 0.5) is 10.3 Å². The standard InChI is InChI=1S/C15H15BrFN3/c1-10-6-14(12-4-2-3-5-13(12)17)20(9-10)15-18-7-11(16)8-19-15/h2-5,7-8,10,14H,6,9H2,1H3. The summed E-state index contributed by atoms with van der Waals surface area (Å²) in [6.45, 7) is 3.02. The van der Waals surface area contributed by atoms with Gasteiger partial charge >= 0.3 is 0 Å². The molecule has 1 aromatic heterocycles. The van der Waals surface area contributed by atoms with Gasteiger partial charge in [-0.15, -0.1) is 0 Å². The number of hydrogen-bond acceptors (Lipinski definition) is 3. The van der Waals surface area contributed by atoms with Crippen molar-refractivity contribution in [3.63, 3.8) is 0 Å². The van der Waals surface area contributed by atoms with Crippen molar-refractivity contribution < 1.29 is 4.39 Å². The van der Waals surface area contributed by atoms with E-state index in [1.807, 2.05) is 12.1 Å². The number of rotatable bonds is 2. The van der Waals surface area contributed by atoms with Gasteiger partial charge < -0.3 is 4.90 Å². The Morgan fingerprint density at radius 1 is 1.25 bits per heavy atom. The molecule has 3 nitrogen and oxygen atoms in total. The molecular weight excluding hydrogens is 321 g/mol. The molecule has 1 saturated heterocycles. The van der Waals surface area contributed by atoms with Crippen LogP contribution in [-0.4, -0.2) is 16.5 Å². The second-order valence-electron chi connectivity index (χ2n) is 5.23. The molecule has 0 saturated carbocycles. The zero-order chi connectivity index (χ0) is 14.1. The number of aromatic nitrogens is 2. The number of halogens is 2. The Morgan fingerprint density at radius 3 is 2.65 bits per heavy atom. The van der Waals surface area contributed by atoms with E-state index in [0.717, 1.165) is 23.0 Å². The minimum Gasteiger partial charge on any atom is -0.333 e. The van der Waals surface area contributed by atoms with Crippen molar-refractivity contribution in [1.29, 1.82) is 0 Å². The van der Waals surface area contributed by atoms with Gasteiger partial charge in [-0.3, -0.25) is 0 Å². The van der Waals surface area contributed by atoms with E-state index in [-0.39, 0.29) is 11.9 Å². The first kappa shape index (κ1) is 13.5. The van der Waals surface area contributed by atoms with Crippen LogP contribution >= 0.6 is 15.9 Å². The van der Waals surface area contributed by atoms with Gasteiger partial charge in [0.1, 0.15) is 5.82 Å². The monoisotopic (exact) mass is 335 g/mol. The SMILES string of the molecule is CC1CC(c2ccccc2F)N(c2ncc(Br)cn2)C1. The average molecular weight is 336 g/mol. The van der Waals surface area contributed by atoms with Gasteiger partial charge in [-0.05, 0) is 34.3 Å². The Labute approximate surface area is 126 Å². The third kappa shape index (κ3) is 2.54. The molecule has 0 bridgehead atoms. The summed E-state index contributed by atoms with van der Waals surface area (Å²) in [5.41, 5.74) is 0.725. The lowest BCUT2D eigenvalue weighted by Gasteiger charge is -2.25. The van der Waals surface area contributed by atoms with Crippen LogP contribution in [0.15, 0.2) is 41.1 Å². The van der Waals surface area contributed by atoms with E-state index in [9.17, 15) is 4.39 Å². The Morgan fingerprint density at radius 2 is 1.95 bits per heavy atom. The van der Waals surface area contributed by atoms with Gasteiger partial charge in [0, 0.05) is 24.5 Å². The van der Waals surface area contributed by atoms with Gasteiger partial charge in [-0.2, -0.15) is 0 Å². The highest BCUT2D eigenvalue weighted by atomic mass is 79.9. The van der Waals surface area contributed by atoms with Gasteiger partial charge in [0.2, 0.25) is 5.95 Å². The van der Waals surface area contributed by atoms with E-state index in [4.69, 9.17) is 0 Å². The first-order valence-corrected chi connectivity index (χ1v) is 7.43. The van der Waals surface area contributed by atoms with Gasteiger partial charge in [0.05, 0.1) is 10.5 Å². The molecule has 0 N–H and O–H groups in total. The normalized spacial score (nSPS) is 22.2. The van der Waals surface area contributed by atoms with Crippen molar-refractivity contribution in [3.8, 4) is 0 Å². The second kappa shape index (κ2) is 5.48. The molecule has 1 aliphatic heterocycles. The lowest BCUT2D eigenvalue weighted by atomic mass is 10.0. The van der Waals surface area contributed by atoms with Crippen LogP contribution in [0.3, 0.4) is 0 Å². The Kier molecular flexibility index (Phi) is 3.70. The first-order chi connectivity index (χ1) is 9.65. The van der Waals surface area contributed by atoms with Crippen molar-refractivity contribution in [3.05, 3.63) is 52.5 Å². The highest BCUT2D eigenvalue weighted by molar-refractivity contribution is 9.10. The highest BCUT2D eigenvalue weighted by Gasteiger charge is 2.33. The predicted octanol–water partition coefficient (Wildman–Crippen LogP) is 3.97. The van der Waals surface area contributed by atoms with Crippen molar-refractivity contribution in [2.45, 2.75) is 19.4 Å². The first-order valence-electron chi connectivity index (χ1n) is 6.64. The van der Waals surface area contributed by atoms with Crippen molar-refractivity contribution >= 4 is 21.9 Å². The molecule has 0 spiro atoms. The van der Waals surface area contributed by atoms with Crippen molar-refractivity contribution in [2.24, 2.45) is 5.92 Å². The summed E-state index contributed by atoms with van der Waals surface area (Å²) in [6.07, 6.45) is 4.37. The van der Waals surface area contributed by atoms with Gasteiger partial charge in [0.15, 0.2) is 0 Å². The van der Waals surface area contributed by atoms with Crippen LogP contribution in [0.5, 0.6) is 0 Å². The fourth-order valence-corrected chi connectivity index (χ4v) is 2.97. The molecule has 0 amide bonds. The predicted molar refractivity (Wildman–Crippen MR) is 80.0 cm³/mol. The fourth-order valence-electron chi connectivity index (χ4n) is 2.76. The maximum absolute atomic E-state index is 14.0. The van der Waals surface area contributed by atoms with Crippen molar-refractivity contribution in [1.82, 2.24) is 9.97 Å². The molecule has 0 aliphatic carbocycles. The lowest BCUT2D eigenvalue weighted by Crippen LogP contribution is -2.25. The molecule has 3 rings (SSSR count). The molecule has 1 aromatic carbocycles. The summed E-state index contributed by atoms with van der Waals surface area (Å²) in [4.78, 5) is 10.8. The molecule has 5 heteroatoms. The lowest BCUT2D eigenvalue weighted by molar-refractivity contribution is 0.562. The Bertz CT molecular complexity index is 602. The summed E-state index contributed by atoms with van der Waals surface area (Å²) in [5.74, 6) is 0.992. The number of hydrogen-bond donors (Lipinski definition) is 0. The van der Waals surface area contributed by atoms with E-state index in [0.29, 0.717) is 11.9 Å². The minimum absolute atomic E-state index is 0.00683. The van der Waals surface area contributed by atoms with E-state index in [2.05, 4.69) is 37.7 Å². The van der Waals surface area contributed by atoms with Crippen LogP contribution in [0.1, 0.15) is 24.9 Å². The molecular formula is C15H15BrFN3. The topological polar surface area (TPSA) is 29.0 Å². The largest absolute Gasteiger partial charge is 0.333 e. The van der Waals surface area contributed by atoms with Gasteiger partial charge in [-0.1, -0.05) is 25.1 Å². The molecule has 2 unspecified atom stereocenters. The maximum Gasteiger partial charge on any atom is 0.225 e. The molecule has 104 valence electrons. The molecule has 2 atom stereocenters. The second-order valence-corrected chi connectivity index (χ2v) is 6.15. The quantitative estimate of drug-likeness (QED) is 0.831. The molecule has 2 heterocycles.